The van der Waals surface area contributed by atoms with Crippen molar-refractivity contribution in [2.24, 2.45) is 11.5 Å². The smallest absolute Gasteiger partial charge is 0.320 e. The molecule has 0 radical (unpaired) electrons. The van der Waals surface area contributed by atoms with Crippen LogP contribution in [0.5, 0.6) is 0 Å². The van der Waals surface area contributed by atoms with Crippen molar-refractivity contribution in [1.82, 2.24) is 39.2 Å². The van der Waals surface area contributed by atoms with Gasteiger partial charge in [0.15, 0.2) is 17.7 Å². The molecule has 1 aliphatic heterocycles. The third-order valence-corrected chi connectivity index (χ3v) is 8.57. The normalized spacial score (nSPS) is 20.8. The predicted octanol–water partition coefficient (Wildman–Crippen LogP) is -2.61. The molecule has 0 amide bonds. The standard InChI is InChI=1S/C28H47N11O10S/c1-50(43,44)36-5-8-45-10-12-47-13-11-46-9-6-39-19(15-35-37-39)4-7-48-24-23(40)21(14-18(29)2-3-20(30)28(41)42)49-27(24)38-17-34-22-25(31)32-16-33-26(22)38/h15-18,20-21,23-24,27,36,40H,2-14,29-30H2,1H3,(H,41,42)(H2,31,32,33)/t18-,20-,21+,23+,24+,27+/m0/s1. The van der Waals surface area contributed by atoms with E-state index < -0.39 is 52.6 Å². The summed E-state index contributed by atoms with van der Waals surface area (Å²) >= 11 is 0. The highest BCUT2D eigenvalue weighted by Crippen LogP contribution is 2.36. The highest BCUT2D eigenvalue weighted by atomic mass is 32.2. The van der Waals surface area contributed by atoms with Crippen LogP contribution >= 0.6 is 0 Å². The van der Waals surface area contributed by atoms with E-state index in [9.17, 15) is 18.3 Å². The summed E-state index contributed by atoms with van der Waals surface area (Å²) in [6.45, 7) is 2.86. The quantitative estimate of drug-likeness (QED) is 0.0515. The Morgan fingerprint density at radius 3 is 2.50 bits per heavy atom. The van der Waals surface area contributed by atoms with Gasteiger partial charge in [0, 0.05) is 19.0 Å². The number of aromatic nitrogens is 7. The number of hydrogen-bond donors (Lipinski definition) is 6. The third kappa shape index (κ3) is 11.8. The molecular formula is C28H47N11O10S. The summed E-state index contributed by atoms with van der Waals surface area (Å²) in [5, 5.41) is 28.6. The van der Waals surface area contributed by atoms with Crippen molar-refractivity contribution in [3.63, 3.8) is 0 Å². The highest BCUT2D eigenvalue weighted by Gasteiger charge is 2.46. The van der Waals surface area contributed by atoms with Crippen molar-refractivity contribution < 1.29 is 47.1 Å². The van der Waals surface area contributed by atoms with Crippen LogP contribution in [0.3, 0.4) is 0 Å². The molecule has 1 aliphatic rings. The zero-order chi connectivity index (χ0) is 36.1. The molecule has 280 valence electrons. The maximum Gasteiger partial charge on any atom is 0.320 e. The fourth-order valence-electron chi connectivity index (χ4n) is 5.26. The van der Waals surface area contributed by atoms with Crippen LogP contribution in [-0.2, 0) is 51.5 Å². The van der Waals surface area contributed by atoms with E-state index in [1.165, 1.54) is 12.7 Å². The van der Waals surface area contributed by atoms with Crippen molar-refractivity contribution in [2.45, 2.75) is 68.9 Å². The Labute approximate surface area is 288 Å². The Morgan fingerprint density at radius 1 is 1.06 bits per heavy atom. The molecular weight excluding hydrogens is 682 g/mol. The number of fused-ring (bicyclic) bond motifs is 1. The van der Waals surface area contributed by atoms with Crippen molar-refractivity contribution >= 4 is 33.0 Å². The maximum atomic E-state index is 11.4. The molecule has 4 heterocycles. The SMILES string of the molecule is CS(=O)(=O)NCCOCCOCCOCCn1nncc1CCO[C@@H]1[C@H](O)[C@@H](C[C@@H](N)CC[C@H](N)C(=O)O)O[C@H]1n1cnc2c(N)ncnc21. The Hall–Kier alpha value is -3.45. The van der Waals surface area contributed by atoms with Gasteiger partial charge in [-0.3, -0.25) is 9.36 Å². The Kier molecular flexibility index (Phi) is 15.1. The first-order valence-electron chi connectivity index (χ1n) is 16.1. The fraction of sp³-hybridized carbons (Fsp3) is 0.714. The molecule has 0 aliphatic carbocycles. The Balaban J connectivity index is 1.24. The van der Waals surface area contributed by atoms with Crippen LogP contribution < -0.4 is 21.9 Å². The van der Waals surface area contributed by atoms with Crippen LogP contribution in [0.4, 0.5) is 5.82 Å². The Morgan fingerprint density at radius 2 is 1.78 bits per heavy atom. The van der Waals surface area contributed by atoms with Gasteiger partial charge in [-0.2, -0.15) is 0 Å². The van der Waals surface area contributed by atoms with E-state index >= 15 is 0 Å². The lowest BCUT2D eigenvalue weighted by Crippen LogP contribution is -2.38. The minimum absolute atomic E-state index is 0.178. The van der Waals surface area contributed by atoms with Crippen LogP contribution in [-0.4, -0.2) is 149 Å². The first-order valence-corrected chi connectivity index (χ1v) is 18.0. The number of carboxylic acid groups (broad SMARTS) is 1. The number of aliphatic hydroxyl groups is 1. The molecule has 1 saturated heterocycles. The van der Waals surface area contributed by atoms with E-state index in [2.05, 4.69) is 30.0 Å². The topological polar surface area (TPSA) is 302 Å². The number of carboxylic acids is 1. The molecule has 0 spiro atoms. The van der Waals surface area contributed by atoms with Gasteiger partial charge in [0.25, 0.3) is 0 Å². The number of carbonyl (C=O) groups is 1. The molecule has 6 atom stereocenters. The molecule has 21 nitrogen and oxygen atoms in total. The minimum Gasteiger partial charge on any atom is -0.480 e. The Bertz CT molecular complexity index is 1590. The first kappa shape index (κ1) is 39.3. The fourth-order valence-corrected chi connectivity index (χ4v) is 5.71. The van der Waals surface area contributed by atoms with Crippen molar-refractivity contribution in [3.8, 4) is 0 Å². The summed E-state index contributed by atoms with van der Waals surface area (Å²) in [7, 11) is -3.23. The average Bonchev–Trinajstić information content (AvgIpc) is 3.78. The van der Waals surface area contributed by atoms with Crippen molar-refractivity contribution in [3.05, 3.63) is 24.5 Å². The van der Waals surface area contributed by atoms with Crippen LogP contribution in [0.1, 0.15) is 31.2 Å². The third-order valence-electron chi connectivity index (χ3n) is 7.84. The number of imidazole rings is 1. The first-order chi connectivity index (χ1) is 23.9. The molecule has 4 rings (SSSR count). The molecule has 1 fully saturated rings. The second-order valence-electron chi connectivity index (χ2n) is 11.7. The second-order valence-corrected chi connectivity index (χ2v) is 13.5. The number of nitrogen functional groups attached to an aromatic ring is 1. The summed E-state index contributed by atoms with van der Waals surface area (Å²) in [5.41, 5.74) is 19.5. The predicted molar refractivity (Wildman–Crippen MR) is 176 cm³/mol. The number of aliphatic hydroxyl groups excluding tert-OH is 1. The summed E-state index contributed by atoms with van der Waals surface area (Å²) < 4.78 is 56.6. The monoisotopic (exact) mass is 729 g/mol. The number of rotatable bonds is 24. The summed E-state index contributed by atoms with van der Waals surface area (Å²) in [6.07, 6.45) is 3.18. The number of hydrogen-bond acceptors (Lipinski definition) is 17. The molecule has 0 saturated carbocycles. The van der Waals surface area contributed by atoms with Crippen LogP contribution in [0.15, 0.2) is 18.9 Å². The van der Waals surface area contributed by atoms with Gasteiger partial charge in [-0.25, -0.2) is 32.8 Å². The summed E-state index contributed by atoms with van der Waals surface area (Å²) in [4.78, 5) is 23.7. The van der Waals surface area contributed by atoms with Crippen LogP contribution in [0.25, 0.3) is 11.2 Å². The lowest BCUT2D eigenvalue weighted by Gasteiger charge is -2.22. The van der Waals surface area contributed by atoms with Gasteiger partial charge >= 0.3 is 5.97 Å². The minimum atomic E-state index is -3.23. The van der Waals surface area contributed by atoms with Crippen molar-refractivity contribution in [1.29, 1.82) is 0 Å². The van der Waals surface area contributed by atoms with Crippen LogP contribution in [0, 0.1) is 0 Å². The molecule has 0 aromatic carbocycles. The van der Waals surface area contributed by atoms with Gasteiger partial charge in [0.05, 0.1) is 83.4 Å². The van der Waals surface area contributed by atoms with E-state index in [-0.39, 0.29) is 38.4 Å². The number of nitrogens with one attached hydrogen (secondary N) is 1. The number of anilines is 1. The lowest BCUT2D eigenvalue weighted by molar-refractivity contribution is -0.138. The van der Waals surface area contributed by atoms with E-state index in [0.29, 0.717) is 63.6 Å². The summed E-state index contributed by atoms with van der Waals surface area (Å²) in [6, 6.07) is -1.52. The van der Waals surface area contributed by atoms with Gasteiger partial charge in [-0.15, -0.1) is 5.10 Å². The maximum absolute atomic E-state index is 11.4. The van der Waals surface area contributed by atoms with Gasteiger partial charge < -0.3 is 51.1 Å². The molecule has 3 aromatic rings. The number of nitrogens with two attached hydrogens (primary N) is 3. The van der Waals surface area contributed by atoms with Gasteiger partial charge in [-0.1, -0.05) is 5.21 Å². The van der Waals surface area contributed by atoms with Gasteiger partial charge in [-0.05, 0) is 19.3 Å². The summed E-state index contributed by atoms with van der Waals surface area (Å²) in [5.74, 6) is -0.914. The number of ether oxygens (including phenoxy) is 5. The average molecular weight is 730 g/mol. The lowest BCUT2D eigenvalue weighted by atomic mass is 9.98. The van der Waals surface area contributed by atoms with E-state index in [1.807, 2.05) is 0 Å². The van der Waals surface area contributed by atoms with E-state index in [0.717, 1.165) is 11.9 Å². The zero-order valence-corrected chi connectivity index (χ0v) is 28.6. The van der Waals surface area contributed by atoms with E-state index in [4.69, 9.17) is 46.0 Å². The largest absolute Gasteiger partial charge is 0.480 e. The number of aliphatic carboxylic acids is 1. The second kappa shape index (κ2) is 19.2. The van der Waals surface area contributed by atoms with Gasteiger partial charge in [0.2, 0.25) is 10.0 Å². The molecule has 22 heteroatoms. The number of sulfonamides is 1. The van der Waals surface area contributed by atoms with Crippen LogP contribution in [0.2, 0.25) is 0 Å². The molecule has 50 heavy (non-hydrogen) atoms. The van der Waals surface area contributed by atoms with E-state index in [1.54, 1.807) is 15.4 Å². The van der Waals surface area contributed by atoms with Gasteiger partial charge in [0.1, 0.15) is 30.1 Å². The molecule has 9 N–H and O–H groups in total. The number of nitrogens with zero attached hydrogens (tertiary/aromatic N) is 7. The highest BCUT2D eigenvalue weighted by molar-refractivity contribution is 7.88. The molecule has 0 unspecified atom stereocenters. The van der Waals surface area contributed by atoms with Crippen molar-refractivity contribution in [2.75, 3.05) is 64.8 Å². The molecule has 3 aromatic heterocycles. The molecule has 0 bridgehead atoms. The zero-order valence-electron chi connectivity index (χ0n) is 27.8.